The van der Waals surface area contributed by atoms with Crippen LogP contribution in [0.3, 0.4) is 0 Å². The van der Waals surface area contributed by atoms with Crippen molar-refractivity contribution in [3.05, 3.63) is 58.2 Å². The molecule has 0 spiro atoms. The molecule has 0 saturated heterocycles. The van der Waals surface area contributed by atoms with E-state index in [1.54, 1.807) is 11.8 Å². The average Bonchev–Trinajstić information content (AvgIpc) is 2.81. The quantitative estimate of drug-likeness (QED) is 0.676. The maximum atomic E-state index is 4.56. The van der Waals surface area contributed by atoms with Crippen molar-refractivity contribution in [3.63, 3.8) is 0 Å². The molecular weight excluding hydrogens is 322 g/mol. The average molecular weight is 334 g/mol. The van der Waals surface area contributed by atoms with Crippen molar-refractivity contribution in [2.75, 3.05) is 0 Å². The normalized spacial score (nSPS) is 11.1. The Hall–Kier alpha value is -1.33. The fourth-order valence-electron chi connectivity index (χ4n) is 1.87. The minimum atomic E-state index is 0.810. The summed E-state index contributed by atoms with van der Waals surface area (Å²) >= 11 is 5.13. The lowest BCUT2D eigenvalue weighted by Gasteiger charge is -1.96. The van der Waals surface area contributed by atoms with E-state index >= 15 is 0 Å². The SMILES string of the molecule is Cc1cc(Br)cn2nc(SCc3ccccc3)nc12. The molecule has 96 valence electrons. The molecule has 3 nitrogen and oxygen atoms in total. The van der Waals surface area contributed by atoms with Gasteiger partial charge in [-0.1, -0.05) is 42.1 Å². The first kappa shape index (κ1) is 12.7. The number of hydrogen-bond donors (Lipinski definition) is 0. The Balaban J connectivity index is 1.84. The van der Waals surface area contributed by atoms with Crippen molar-refractivity contribution < 1.29 is 0 Å². The van der Waals surface area contributed by atoms with Crippen LogP contribution in [-0.2, 0) is 5.75 Å². The van der Waals surface area contributed by atoms with Gasteiger partial charge in [0.1, 0.15) is 0 Å². The summed E-state index contributed by atoms with van der Waals surface area (Å²) in [4.78, 5) is 4.56. The molecule has 3 aromatic rings. The zero-order valence-corrected chi connectivity index (χ0v) is 12.8. The van der Waals surface area contributed by atoms with Crippen LogP contribution in [-0.4, -0.2) is 14.6 Å². The second kappa shape index (κ2) is 5.35. The number of nitrogens with zero attached hydrogens (tertiary/aromatic N) is 3. The van der Waals surface area contributed by atoms with Crippen LogP contribution in [0.25, 0.3) is 5.65 Å². The minimum Gasteiger partial charge on any atom is -0.219 e. The zero-order chi connectivity index (χ0) is 13.2. The highest BCUT2D eigenvalue weighted by molar-refractivity contribution is 9.10. The Morgan fingerprint density at radius 2 is 2.05 bits per heavy atom. The first-order valence-corrected chi connectivity index (χ1v) is 7.69. The first-order chi connectivity index (χ1) is 9.22. The molecular formula is C14H12BrN3S. The van der Waals surface area contributed by atoms with Gasteiger partial charge in [-0.15, -0.1) is 5.10 Å². The third-order valence-corrected chi connectivity index (χ3v) is 4.12. The van der Waals surface area contributed by atoms with Gasteiger partial charge >= 0.3 is 0 Å². The smallest absolute Gasteiger partial charge is 0.209 e. The van der Waals surface area contributed by atoms with Crippen LogP contribution in [0, 0.1) is 6.92 Å². The van der Waals surface area contributed by atoms with E-state index in [1.165, 1.54) is 5.56 Å². The van der Waals surface area contributed by atoms with Gasteiger partial charge in [0.05, 0.1) is 0 Å². The summed E-state index contributed by atoms with van der Waals surface area (Å²) in [6.07, 6.45) is 1.93. The van der Waals surface area contributed by atoms with Crippen LogP contribution in [0.5, 0.6) is 0 Å². The van der Waals surface area contributed by atoms with Crippen molar-refractivity contribution in [2.45, 2.75) is 17.8 Å². The predicted molar refractivity (Wildman–Crippen MR) is 81.4 cm³/mol. The molecule has 0 radical (unpaired) electrons. The van der Waals surface area contributed by atoms with E-state index in [0.29, 0.717) is 0 Å². The Bertz CT molecular complexity index is 709. The van der Waals surface area contributed by atoms with Crippen LogP contribution in [0.1, 0.15) is 11.1 Å². The molecule has 0 amide bonds. The van der Waals surface area contributed by atoms with Gasteiger partial charge in [0.2, 0.25) is 5.16 Å². The monoisotopic (exact) mass is 333 g/mol. The van der Waals surface area contributed by atoms with Gasteiger partial charge in [0, 0.05) is 16.4 Å². The van der Waals surface area contributed by atoms with Gasteiger partial charge in [0.15, 0.2) is 5.65 Å². The topological polar surface area (TPSA) is 30.2 Å². The van der Waals surface area contributed by atoms with E-state index in [-0.39, 0.29) is 0 Å². The van der Waals surface area contributed by atoms with Gasteiger partial charge in [0.25, 0.3) is 0 Å². The first-order valence-electron chi connectivity index (χ1n) is 5.91. The maximum absolute atomic E-state index is 4.56. The van der Waals surface area contributed by atoms with Crippen molar-refractivity contribution in [3.8, 4) is 0 Å². The van der Waals surface area contributed by atoms with Crippen LogP contribution in [0.2, 0.25) is 0 Å². The Morgan fingerprint density at radius 3 is 2.84 bits per heavy atom. The van der Waals surface area contributed by atoms with E-state index in [9.17, 15) is 0 Å². The van der Waals surface area contributed by atoms with Gasteiger partial charge in [-0.05, 0) is 40.0 Å². The van der Waals surface area contributed by atoms with E-state index < -0.39 is 0 Å². The number of aromatic nitrogens is 3. The molecule has 0 fully saturated rings. The van der Waals surface area contributed by atoms with Crippen LogP contribution in [0.4, 0.5) is 0 Å². The number of hydrogen-bond acceptors (Lipinski definition) is 3. The standard InChI is InChI=1S/C14H12BrN3S/c1-10-7-12(15)8-18-13(10)16-14(17-18)19-9-11-5-3-2-4-6-11/h2-8H,9H2,1H3. The summed E-state index contributed by atoms with van der Waals surface area (Å²) in [6.45, 7) is 2.04. The molecule has 0 saturated carbocycles. The lowest BCUT2D eigenvalue weighted by Crippen LogP contribution is -1.89. The van der Waals surface area contributed by atoms with E-state index in [1.807, 2.05) is 35.8 Å². The van der Waals surface area contributed by atoms with Gasteiger partial charge < -0.3 is 0 Å². The summed E-state index contributed by atoms with van der Waals surface area (Å²) < 4.78 is 2.84. The van der Waals surface area contributed by atoms with E-state index in [4.69, 9.17) is 0 Å². The molecule has 3 rings (SSSR count). The molecule has 2 aromatic heterocycles. The highest BCUT2D eigenvalue weighted by Gasteiger charge is 2.07. The third-order valence-electron chi connectivity index (χ3n) is 2.78. The molecule has 0 bridgehead atoms. The fourth-order valence-corrected chi connectivity index (χ4v) is 3.19. The number of benzene rings is 1. The Morgan fingerprint density at radius 1 is 1.26 bits per heavy atom. The molecule has 0 aliphatic rings. The molecule has 2 heterocycles. The van der Waals surface area contributed by atoms with Crippen molar-refractivity contribution in [1.29, 1.82) is 0 Å². The third kappa shape index (κ3) is 2.82. The summed E-state index contributed by atoms with van der Waals surface area (Å²) in [5.41, 5.74) is 3.32. The summed E-state index contributed by atoms with van der Waals surface area (Å²) in [5.74, 6) is 0.887. The number of pyridine rings is 1. The van der Waals surface area contributed by atoms with Crippen molar-refractivity contribution in [2.24, 2.45) is 0 Å². The van der Waals surface area contributed by atoms with Gasteiger partial charge in [-0.25, -0.2) is 9.50 Å². The number of aryl methyl sites for hydroxylation is 1. The summed E-state index contributed by atoms with van der Waals surface area (Å²) in [6, 6.07) is 12.4. The number of halogens is 1. The largest absolute Gasteiger partial charge is 0.219 e. The fraction of sp³-hybridized carbons (Fsp3) is 0.143. The number of thioether (sulfide) groups is 1. The van der Waals surface area contributed by atoms with Crippen LogP contribution < -0.4 is 0 Å². The molecule has 0 N–H and O–H groups in total. The van der Waals surface area contributed by atoms with Crippen LogP contribution >= 0.6 is 27.7 Å². The molecule has 0 aliphatic heterocycles. The molecule has 19 heavy (non-hydrogen) atoms. The highest BCUT2D eigenvalue weighted by Crippen LogP contribution is 2.22. The zero-order valence-electron chi connectivity index (χ0n) is 10.4. The molecule has 5 heteroatoms. The molecule has 0 atom stereocenters. The maximum Gasteiger partial charge on any atom is 0.209 e. The minimum absolute atomic E-state index is 0.810. The molecule has 0 unspecified atom stereocenters. The van der Waals surface area contributed by atoms with Gasteiger partial charge in [-0.3, -0.25) is 0 Å². The van der Waals surface area contributed by atoms with E-state index in [2.05, 4.69) is 44.2 Å². The second-order valence-electron chi connectivity index (χ2n) is 4.28. The summed E-state index contributed by atoms with van der Waals surface area (Å²) in [7, 11) is 0. The number of rotatable bonds is 3. The molecule has 0 aliphatic carbocycles. The van der Waals surface area contributed by atoms with E-state index in [0.717, 1.165) is 26.6 Å². The van der Waals surface area contributed by atoms with Gasteiger partial charge in [-0.2, -0.15) is 0 Å². The van der Waals surface area contributed by atoms with Crippen LogP contribution in [0.15, 0.2) is 52.2 Å². The number of fused-ring (bicyclic) bond motifs is 1. The Labute approximate surface area is 124 Å². The molecule has 1 aromatic carbocycles. The highest BCUT2D eigenvalue weighted by atomic mass is 79.9. The summed E-state index contributed by atoms with van der Waals surface area (Å²) in [5, 5.41) is 5.30. The predicted octanol–water partition coefficient (Wildman–Crippen LogP) is 4.09. The lowest BCUT2D eigenvalue weighted by atomic mass is 10.2. The lowest BCUT2D eigenvalue weighted by molar-refractivity contribution is 0.882. The van der Waals surface area contributed by atoms with Crippen molar-refractivity contribution in [1.82, 2.24) is 14.6 Å². The Kier molecular flexibility index (Phi) is 3.57. The second-order valence-corrected chi connectivity index (χ2v) is 6.14. The van der Waals surface area contributed by atoms with Crippen molar-refractivity contribution >= 4 is 33.3 Å².